The third-order valence-corrected chi connectivity index (χ3v) is 2.22. The van der Waals surface area contributed by atoms with Gasteiger partial charge in [0.2, 0.25) is 5.91 Å². The largest absolute Gasteiger partial charge is 0.367 e. The van der Waals surface area contributed by atoms with Crippen LogP contribution in [0, 0.1) is 0 Å². The Morgan fingerprint density at radius 3 is 2.43 bits per heavy atom. The van der Waals surface area contributed by atoms with Crippen LogP contribution in [0.2, 0.25) is 0 Å². The van der Waals surface area contributed by atoms with E-state index in [2.05, 4.69) is 0 Å². The van der Waals surface area contributed by atoms with Gasteiger partial charge < -0.3 is 16.2 Å². The van der Waals surface area contributed by atoms with Gasteiger partial charge in [0, 0.05) is 19.1 Å². The summed E-state index contributed by atoms with van der Waals surface area (Å²) in [7, 11) is 1.39. The molecule has 0 aromatic carbocycles. The Bertz CT molecular complexity index is 333. The van der Waals surface area contributed by atoms with Crippen LogP contribution in [0.5, 0.6) is 0 Å². The highest BCUT2D eigenvalue weighted by molar-refractivity contribution is 5.96. The summed E-state index contributed by atoms with van der Waals surface area (Å²) in [5.41, 5.74) is 9.45. The van der Waals surface area contributed by atoms with Gasteiger partial charge in [-0.3, -0.25) is 9.59 Å². The Hall–Kier alpha value is -1.62. The number of hydrogen-bond donors (Lipinski definition) is 2. The van der Waals surface area contributed by atoms with Crippen molar-refractivity contribution in [2.75, 3.05) is 7.11 Å². The molecule has 0 radical (unpaired) electrons. The third kappa shape index (κ3) is 1.67. The van der Waals surface area contributed by atoms with Crippen molar-refractivity contribution in [3.05, 3.63) is 23.8 Å². The lowest BCUT2D eigenvalue weighted by Gasteiger charge is -2.26. The van der Waals surface area contributed by atoms with Crippen molar-refractivity contribution >= 4 is 11.8 Å². The number of ether oxygens (including phenoxy) is 1. The van der Waals surface area contributed by atoms with Crippen molar-refractivity contribution < 1.29 is 14.3 Å². The maximum absolute atomic E-state index is 11.1. The summed E-state index contributed by atoms with van der Waals surface area (Å²) in [6, 6.07) is 0. The van der Waals surface area contributed by atoms with Crippen molar-refractivity contribution in [1.82, 2.24) is 0 Å². The average Bonchev–Trinajstić information content (AvgIpc) is 2.17. The summed E-state index contributed by atoms with van der Waals surface area (Å²) in [4.78, 5) is 21.9. The predicted octanol–water partition coefficient (Wildman–Crippen LogP) is -0.771. The van der Waals surface area contributed by atoms with Crippen LogP contribution in [-0.2, 0) is 14.3 Å². The highest BCUT2D eigenvalue weighted by Crippen LogP contribution is 2.23. The monoisotopic (exact) mass is 196 g/mol. The average molecular weight is 196 g/mol. The van der Waals surface area contributed by atoms with Crippen molar-refractivity contribution in [2.45, 2.75) is 12.0 Å². The molecule has 1 aliphatic carbocycles. The summed E-state index contributed by atoms with van der Waals surface area (Å²) >= 11 is 0. The number of carbonyl (C=O) groups excluding carboxylic acids is 2. The van der Waals surface area contributed by atoms with Crippen LogP contribution < -0.4 is 11.5 Å². The van der Waals surface area contributed by atoms with Crippen LogP contribution in [0.1, 0.15) is 6.42 Å². The Labute approximate surface area is 81.4 Å². The van der Waals surface area contributed by atoms with E-state index < -0.39 is 17.4 Å². The fourth-order valence-corrected chi connectivity index (χ4v) is 1.24. The Kier molecular flexibility index (Phi) is 2.71. The number of nitrogens with two attached hydrogens (primary N) is 2. The summed E-state index contributed by atoms with van der Waals surface area (Å²) in [5.74, 6) is -1.12. The van der Waals surface area contributed by atoms with Crippen molar-refractivity contribution in [3.63, 3.8) is 0 Å². The number of carbonyl (C=O) groups is 2. The molecule has 0 bridgehead atoms. The molecule has 1 unspecified atom stereocenters. The standard InChI is InChI=1S/C9H12N2O3/c1-14-9(8(11)13)4-2-6(3-5-9)7(10)12/h2-4H,5H2,1H3,(H2,10,12)(H2,11,13). The van der Waals surface area contributed by atoms with Gasteiger partial charge in [0.25, 0.3) is 5.91 Å². The first kappa shape index (κ1) is 10.5. The molecule has 1 atom stereocenters. The molecule has 0 saturated heterocycles. The lowest BCUT2D eigenvalue weighted by Crippen LogP contribution is -2.44. The summed E-state index contributed by atoms with van der Waals surface area (Å²) in [5, 5.41) is 0. The minimum atomic E-state index is -1.14. The molecule has 0 aromatic rings. The minimum Gasteiger partial charge on any atom is -0.367 e. The fraction of sp³-hybridized carbons (Fsp3) is 0.333. The lowest BCUT2D eigenvalue weighted by molar-refractivity contribution is -0.134. The van der Waals surface area contributed by atoms with Gasteiger partial charge in [-0.05, 0) is 6.08 Å². The van der Waals surface area contributed by atoms with Gasteiger partial charge in [0.1, 0.15) is 0 Å². The van der Waals surface area contributed by atoms with E-state index in [0.29, 0.717) is 5.57 Å². The zero-order valence-corrected chi connectivity index (χ0v) is 7.82. The first-order valence-electron chi connectivity index (χ1n) is 4.06. The molecule has 5 nitrogen and oxygen atoms in total. The van der Waals surface area contributed by atoms with E-state index in [0.717, 1.165) is 0 Å². The zero-order valence-electron chi connectivity index (χ0n) is 7.82. The number of primary amides is 2. The molecule has 5 heteroatoms. The minimum absolute atomic E-state index is 0.230. The molecule has 0 heterocycles. The molecular formula is C9H12N2O3. The maximum Gasteiger partial charge on any atom is 0.254 e. The van der Waals surface area contributed by atoms with Gasteiger partial charge >= 0.3 is 0 Å². The van der Waals surface area contributed by atoms with Crippen LogP contribution in [0.3, 0.4) is 0 Å². The van der Waals surface area contributed by atoms with Crippen molar-refractivity contribution in [3.8, 4) is 0 Å². The number of hydrogen-bond acceptors (Lipinski definition) is 3. The van der Waals surface area contributed by atoms with Crippen LogP contribution in [-0.4, -0.2) is 24.5 Å². The molecular weight excluding hydrogens is 184 g/mol. The normalized spacial score (nSPS) is 25.6. The summed E-state index contributed by atoms with van der Waals surface area (Å²) < 4.78 is 5.01. The molecule has 14 heavy (non-hydrogen) atoms. The zero-order chi connectivity index (χ0) is 10.8. The van der Waals surface area contributed by atoms with E-state index in [-0.39, 0.29) is 6.42 Å². The van der Waals surface area contributed by atoms with Gasteiger partial charge in [-0.2, -0.15) is 0 Å². The molecule has 76 valence electrons. The predicted molar refractivity (Wildman–Crippen MR) is 50.0 cm³/mol. The second-order valence-corrected chi connectivity index (χ2v) is 3.02. The topological polar surface area (TPSA) is 95.4 Å². The number of amides is 2. The van der Waals surface area contributed by atoms with Crippen molar-refractivity contribution in [1.29, 1.82) is 0 Å². The fourth-order valence-electron chi connectivity index (χ4n) is 1.24. The van der Waals surface area contributed by atoms with E-state index >= 15 is 0 Å². The van der Waals surface area contributed by atoms with Gasteiger partial charge in [-0.25, -0.2) is 0 Å². The van der Waals surface area contributed by atoms with E-state index in [1.54, 1.807) is 0 Å². The van der Waals surface area contributed by atoms with Gasteiger partial charge in [-0.15, -0.1) is 0 Å². The second-order valence-electron chi connectivity index (χ2n) is 3.02. The van der Waals surface area contributed by atoms with Crippen LogP contribution in [0.25, 0.3) is 0 Å². The van der Waals surface area contributed by atoms with Crippen LogP contribution >= 0.6 is 0 Å². The maximum atomic E-state index is 11.1. The Morgan fingerprint density at radius 1 is 1.50 bits per heavy atom. The van der Waals surface area contributed by atoms with E-state index in [4.69, 9.17) is 16.2 Å². The van der Waals surface area contributed by atoms with Crippen LogP contribution in [0.15, 0.2) is 23.8 Å². The molecule has 0 aliphatic heterocycles. The Balaban J connectivity index is 2.90. The molecule has 1 rings (SSSR count). The van der Waals surface area contributed by atoms with Crippen molar-refractivity contribution in [2.24, 2.45) is 11.5 Å². The smallest absolute Gasteiger partial charge is 0.254 e. The SMILES string of the molecule is COC1(C(N)=O)C=CC(C(N)=O)=CC1. The molecule has 4 N–H and O–H groups in total. The highest BCUT2D eigenvalue weighted by atomic mass is 16.5. The molecule has 0 aromatic heterocycles. The lowest BCUT2D eigenvalue weighted by atomic mass is 9.91. The van der Waals surface area contributed by atoms with Gasteiger partial charge in [0.15, 0.2) is 5.60 Å². The number of rotatable bonds is 3. The van der Waals surface area contributed by atoms with Gasteiger partial charge in [0.05, 0.1) is 0 Å². The molecule has 2 amide bonds. The first-order chi connectivity index (χ1) is 6.52. The molecule has 1 aliphatic rings. The molecule has 0 fully saturated rings. The van der Waals surface area contributed by atoms with Crippen LogP contribution in [0.4, 0.5) is 0 Å². The third-order valence-electron chi connectivity index (χ3n) is 2.22. The summed E-state index contributed by atoms with van der Waals surface area (Å²) in [6.07, 6.45) is 4.67. The molecule has 0 saturated carbocycles. The van der Waals surface area contributed by atoms with Gasteiger partial charge in [-0.1, -0.05) is 12.2 Å². The Morgan fingerprint density at radius 2 is 2.14 bits per heavy atom. The summed E-state index contributed by atoms with van der Waals surface area (Å²) in [6.45, 7) is 0. The van der Waals surface area contributed by atoms with E-state index in [9.17, 15) is 9.59 Å². The second kappa shape index (κ2) is 3.63. The van der Waals surface area contributed by atoms with E-state index in [1.807, 2.05) is 0 Å². The highest BCUT2D eigenvalue weighted by Gasteiger charge is 2.34. The molecule has 0 spiro atoms. The quantitative estimate of drug-likeness (QED) is 0.620. The first-order valence-corrected chi connectivity index (χ1v) is 4.06. The number of methoxy groups -OCH3 is 1. The van der Waals surface area contributed by atoms with E-state index in [1.165, 1.54) is 25.3 Å².